The van der Waals surface area contributed by atoms with Gasteiger partial charge in [0.1, 0.15) is 5.82 Å². The van der Waals surface area contributed by atoms with Crippen LogP contribution in [0.5, 0.6) is 0 Å². The number of hydrogen-bond acceptors (Lipinski definition) is 3. The van der Waals surface area contributed by atoms with Crippen molar-refractivity contribution < 1.29 is 4.79 Å². The van der Waals surface area contributed by atoms with E-state index in [0.29, 0.717) is 21.8 Å². The van der Waals surface area contributed by atoms with E-state index in [0.717, 1.165) is 32.4 Å². The van der Waals surface area contributed by atoms with E-state index in [-0.39, 0.29) is 5.91 Å². The quantitative estimate of drug-likeness (QED) is 0.929. The lowest BCUT2D eigenvalue weighted by Gasteiger charge is -2.39. The van der Waals surface area contributed by atoms with Gasteiger partial charge < -0.3 is 10.2 Å². The highest BCUT2D eigenvalue weighted by molar-refractivity contribution is 6.33. The van der Waals surface area contributed by atoms with Gasteiger partial charge in [-0.05, 0) is 24.3 Å². The molecule has 0 saturated carbocycles. The van der Waals surface area contributed by atoms with Crippen LogP contribution in [0.2, 0.25) is 5.02 Å². The fourth-order valence-electron chi connectivity index (χ4n) is 2.51. The van der Waals surface area contributed by atoms with E-state index in [1.807, 2.05) is 4.90 Å². The number of pyridine rings is 1. The van der Waals surface area contributed by atoms with Crippen LogP contribution in [0.3, 0.4) is 0 Å². The monoisotopic (exact) mass is 295 g/mol. The molecule has 2 heterocycles. The molecule has 1 aliphatic heterocycles. The fraction of sp³-hybridized carbons (Fsp3) is 0.600. The second-order valence-electron chi connectivity index (χ2n) is 5.76. The van der Waals surface area contributed by atoms with Gasteiger partial charge in [0.25, 0.3) is 5.91 Å². The number of amides is 1. The lowest BCUT2D eigenvalue weighted by Crippen LogP contribution is -2.42. The number of nitrogens with zero attached hydrogens (tertiary/aromatic N) is 2. The van der Waals surface area contributed by atoms with E-state index in [2.05, 4.69) is 24.1 Å². The van der Waals surface area contributed by atoms with E-state index >= 15 is 0 Å². The molecule has 1 aliphatic rings. The van der Waals surface area contributed by atoms with Crippen molar-refractivity contribution in [3.05, 3.63) is 22.8 Å². The maximum Gasteiger partial charge on any atom is 0.255 e. The number of carbonyl (C=O) groups is 1. The number of carbonyl (C=O) groups excluding carboxylic acids is 1. The molecule has 20 heavy (non-hydrogen) atoms. The molecule has 0 bridgehead atoms. The van der Waals surface area contributed by atoms with Crippen molar-refractivity contribution in [3.8, 4) is 0 Å². The van der Waals surface area contributed by atoms with Gasteiger partial charge >= 0.3 is 0 Å². The van der Waals surface area contributed by atoms with Crippen LogP contribution in [0.1, 0.15) is 43.5 Å². The predicted molar refractivity (Wildman–Crippen MR) is 82.3 cm³/mol. The standard InChI is InChI=1S/C15H22ClN3O/c1-4-15(2)5-7-19(8-6-15)14(20)11-9-13(17-3)18-10-12(11)16/h9-10H,4-8H2,1-3H3,(H,17,18). The van der Waals surface area contributed by atoms with Gasteiger partial charge in [-0.2, -0.15) is 0 Å². The molecule has 0 atom stereocenters. The predicted octanol–water partition coefficient (Wildman–Crippen LogP) is 3.43. The average molecular weight is 296 g/mol. The molecule has 110 valence electrons. The van der Waals surface area contributed by atoms with Crippen LogP contribution in [-0.4, -0.2) is 35.9 Å². The Hall–Kier alpha value is -1.29. The van der Waals surface area contributed by atoms with Crippen molar-refractivity contribution in [2.75, 3.05) is 25.5 Å². The minimum Gasteiger partial charge on any atom is -0.373 e. The van der Waals surface area contributed by atoms with Crippen molar-refractivity contribution in [1.82, 2.24) is 9.88 Å². The van der Waals surface area contributed by atoms with E-state index in [4.69, 9.17) is 11.6 Å². The molecule has 1 aromatic heterocycles. The summed E-state index contributed by atoms with van der Waals surface area (Å²) in [5, 5.41) is 3.35. The summed E-state index contributed by atoms with van der Waals surface area (Å²) in [5.74, 6) is 0.667. The molecule has 0 aliphatic carbocycles. The molecular weight excluding hydrogens is 274 g/mol. The van der Waals surface area contributed by atoms with E-state index in [1.54, 1.807) is 13.1 Å². The highest BCUT2D eigenvalue weighted by Crippen LogP contribution is 2.34. The number of hydrogen-bond donors (Lipinski definition) is 1. The summed E-state index contributed by atoms with van der Waals surface area (Å²) in [4.78, 5) is 18.6. The first-order valence-electron chi connectivity index (χ1n) is 7.11. The Balaban J connectivity index is 2.13. The SMILES string of the molecule is CCC1(C)CCN(C(=O)c2cc(NC)ncc2Cl)CC1. The van der Waals surface area contributed by atoms with Crippen LogP contribution in [0.4, 0.5) is 5.82 Å². The molecule has 0 aromatic carbocycles. The number of aromatic nitrogens is 1. The maximum atomic E-state index is 12.6. The van der Waals surface area contributed by atoms with Crippen LogP contribution in [0.15, 0.2) is 12.3 Å². The topological polar surface area (TPSA) is 45.2 Å². The minimum atomic E-state index is 0.00653. The Morgan fingerprint density at radius 2 is 2.15 bits per heavy atom. The Labute approximate surface area is 125 Å². The van der Waals surface area contributed by atoms with Gasteiger partial charge in [-0.25, -0.2) is 4.98 Å². The highest BCUT2D eigenvalue weighted by Gasteiger charge is 2.31. The molecule has 0 spiro atoms. The van der Waals surface area contributed by atoms with Gasteiger partial charge in [0.2, 0.25) is 0 Å². The second-order valence-corrected chi connectivity index (χ2v) is 6.16. The zero-order chi connectivity index (χ0) is 14.8. The van der Waals surface area contributed by atoms with Crippen LogP contribution in [0, 0.1) is 5.41 Å². The summed E-state index contributed by atoms with van der Waals surface area (Å²) in [6.07, 6.45) is 4.79. The number of halogens is 1. The molecule has 1 aromatic rings. The molecule has 1 N–H and O–H groups in total. The van der Waals surface area contributed by atoms with Gasteiger partial charge in [0.15, 0.2) is 0 Å². The maximum absolute atomic E-state index is 12.6. The zero-order valence-electron chi connectivity index (χ0n) is 12.4. The third kappa shape index (κ3) is 3.06. The summed E-state index contributed by atoms with van der Waals surface area (Å²) < 4.78 is 0. The van der Waals surface area contributed by atoms with E-state index in [1.165, 1.54) is 6.20 Å². The number of anilines is 1. The molecule has 1 fully saturated rings. The van der Waals surface area contributed by atoms with Crippen LogP contribution in [0.25, 0.3) is 0 Å². The van der Waals surface area contributed by atoms with Crippen molar-refractivity contribution in [2.45, 2.75) is 33.1 Å². The van der Waals surface area contributed by atoms with Gasteiger partial charge in [-0.1, -0.05) is 31.9 Å². The van der Waals surface area contributed by atoms with Gasteiger partial charge in [-0.15, -0.1) is 0 Å². The van der Waals surface area contributed by atoms with E-state index < -0.39 is 0 Å². The Kier molecular flexibility index (Phi) is 4.53. The lowest BCUT2D eigenvalue weighted by atomic mass is 9.78. The summed E-state index contributed by atoms with van der Waals surface area (Å²) in [6.45, 7) is 6.12. The van der Waals surface area contributed by atoms with Gasteiger partial charge in [0.05, 0.1) is 10.6 Å². The van der Waals surface area contributed by atoms with Gasteiger partial charge in [-0.3, -0.25) is 4.79 Å². The van der Waals surface area contributed by atoms with Gasteiger partial charge in [0, 0.05) is 26.3 Å². The summed E-state index contributed by atoms with van der Waals surface area (Å²) >= 11 is 6.11. The number of likely N-dealkylation sites (tertiary alicyclic amines) is 1. The summed E-state index contributed by atoms with van der Waals surface area (Å²) in [7, 11) is 1.78. The molecule has 2 rings (SSSR count). The summed E-state index contributed by atoms with van der Waals surface area (Å²) in [6, 6.07) is 1.72. The number of nitrogens with one attached hydrogen (secondary N) is 1. The number of rotatable bonds is 3. The largest absolute Gasteiger partial charge is 0.373 e. The molecule has 0 unspecified atom stereocenters. The van der Waals surface area contributed by atoms with Crippen LogP contribution >= 0.6 is 11.6 Å². The van der Waals surface area contributed by atoms with Crippen molar-refractivity contribution in [2.24, 2.45) is 5.41 Å². The first-order valence-corrected chi connectivity index (χ1v) is 7.49. The lowest BCUT2D eigenvalue weighted by molar-refractivity contribution is 0.0600. The molecule has 5 heteroatoms. The normalized spacial score (nSPS) is 17.9. The smallest absolute Gasteiger partial charge is 0.255 e. The summed E-state index contributed by atoms with van der Waals surface area (Å²) in [5.41, 5.74) is 0.903. The van der Waals surface area contributed by atoms with Crippen LogP contribution in [-0.2, 0) is 0 Å². The average Bonchev–Trinajstić information content (AvgIpc) is 2.48. The van der Waals surface area contributed by atoms with Crippen LogP contribution < -0.4 is 5.32 Å². The second kappa shape index (κ2) is 6.00. The molecule has 1 saturated heterocycles. The Bertz CT molecular complexity index is 496. The molecule has 0 radical (unpaired) electrons. The third-order valence-electron chi connectivity index (χ3n) is 4.45. The Morgan fingerprint density at radius 1 is 1.50 bits per heavy atom. The molecule has 4 nitrogen and oxygen atoms in total. The molecular formula is C15H22ClN3O. The Morgan fingerprint density at radius 3 is 2.70 bits per heavy atom. The fourth-order valence-corrected chi connectivity index (χ4v) is 2.70. The zero-order valence-corrected chi connectivity index (χ0v) is 13.1. The van der Waals surface area contributed by atoms with Crippen molar-refractivity contribution in [3.63, 3.8) is 0 Å². The van der Waals surface area contributed by atoms with Crippen molar-refractivity contribution >= 4 is 23.3 Å². The first kappa shape index (κ1) is 15.1. The van der Waals surface area contributed by atoms with Crippen molar-refractivity contribution in [1.29, 1.82) is 0 Å². The minimum absolute atomic E-state index is 0.00653. The van der Waals surface area contributed by atoms with E-state index in [9.17, 15) is 4.79 Å². The number of piperidine rings is 1. The molecule has 1 amide bonds. The third-order valence-corrected chi connectivity index (χ3v) is 4.75. The highest BCUT2D eigenvalue weighted by atomic mass is 35.5. The first-order chi connectivity index (χ1) is 9.49.